The van der Waals surface area contributed by atoms with Crippen molar-refractivity contribution in [2.45, 2.75) is 157 Å². The molecule has 1 saturated heterocycles. The number of likely N-dealkylation sites (tertiary alicyclic amines) is 1. The van der Waals surface area contributed by atoms with Gasteiger partial charge in [-0.25, -0.2) is 0 Å². The average molecular weight is 593 g/mol. The monoisotopic (exact) mass is 592 g/mol. The minimum absolute atomic E-state index is 0.197. The van der Waals surface area contributed by atoms with E-state index >= 15 is 0 Å². The van der Waals surface area contributed by atoms with Gasteiger partial charge in [-0.3, -0.25) is 0 Å². The van der Waals surface area contributed by atoms with Crippen LogP contribution >= 0.6 is 0 Å². The van der Waals surface area contributed by atoms with Crippen molar-refractivity contribution < 1.29 is 17.3 Å². The molecule has 5 aliphatic rings. The molecule has 238 valence electrons. The summed E-state index contributed by atoms with van der Waals surface area (Å²) in [7, 11) is -3.46. The van der Waals surface area contributed by atoms with Crippen molar-refractivity contribution in [1.29, 1.82) is 0 Å². The number of fused-ring (bicyclic) bond motifs is 5. The maximum absolute atomic E-state index is 13.0. The third kappa shape index (κ3) is 6.35. The fourth-order valence-electron chi connectivity index (χ4n) is 11.6. The second-order valence-electron chi connectivity index (χ2n) is 16.8. The van der Waals surface area contributed by atoms with Crippen LogP contribution in [0.1, 0.15) is 151 Å². The van der Waals surface area contributed by atoms with Gasteiger partial charge < -0.3 is 0 Å². The summed E-state index contributed by atoms with van der Waals surface area (Å²) in [6.45, 7) is 16.7. The molecule has 0 aromatic heterocycles. The lowest BCUT2D eigenvalue weighted by Gasteiger charge is -2.62. The summed E-state index contributed by atoms with van der Waals surface area (Å²) < 4.78 is 32.7. The van der Waals surface area contributed by atoms with Crippen LogP contribution in [0.5, 0.6) is 0 Å². The molecule has 5 rings (SSSR count). The molecular weight excluding hydrogens is 526 g/mol. The molecule has 41 heavy (non-hydrogen) atoms. The van der Waals surface area contributed by atoms with Crippen LogP contribution in [0, 0.1) is 52.3 Å². The summed E-state index contributed by atoms with van der Waals surface area (Å²) >= 11 is 0. The first kappa shape index (κ1) is 32.3. The van der Waals surface area contributed by atoms with Gasteiger partial charge in [0.2, 0.25) is 0 Å². The molecule has 9 atom stereocenters. The lowest BCUT2D eigenvalue weighted by atomic mass is 9.44. The number of rotatable bonds is 13. The van der Waals surface area contributed by atoms with Gasteiger partial charge in [-0.1, -0.05) is 84.4 Å². The zero-order chi connectivity index (χ0) is 29.5. The molecule has 0 amide bonds. The highest BCUT2D eigenvalue weighted by molar-refractivity contribution is 7.86. The third-order valence-electron chi connectivity index (χ3n) is 14.1. The first-order valence-corrected chi connectivity index (χ1v) is 19.8. The van der Waals surface area contributed by atoms with Gasteiger partial charge in [0.05, 0.1) is 12.2 Å². The van der Waals surface area contributed by atoms with Crippen LogP contribution in [0.15, 0.2) is 0 Å². The second kappa shape index (κ2) is 12.7. The van der Waals surface area contributed by atoms with E-state index in [-0.39, 0.29) is 5.75 Å². The molecule has 0 spiro atoms. The lowest BCUT2D eigenvalue weighted by Crippen LogP contribution is -2.66. The Morgan fingerprint density at radius 3 is 2.24 bits per heavy atom. The average Bonchev–Trinajstić information content (AvgIpc) is 3.25. The van der Waals surface area contributed by atoms with Gasteiger partial charge in [0, 0.05) is 12.8 Å². The van der Waals surface area contributed by atoms with Crippen LogP contribution in [0.3, 0.4) is 0 Å². The van der Waals surface area contributed by atoms with Crippen molar-refractivity contribution in [2.24, 2.45) is 52.3 Å². The number of hydroxylamine groups is 3. The Kier molecular flexibility index (Phi) is 10.00. The first-order valence-electron chi connectivity index (χ1n) is 18.2. The van der Waals surface area contributed by atoms with E-state index in [0.29, 0.717) is 21.5 Å². The fraction of sp³-hybridized carbons (Fsp3) is 1.00. The molecule has 4 nitrogen and oxygen atoms in total. The Bertz CT molecular complexity index is 975. The van der Waals surface area contributed by atoms with Crippen LogP contribution in [0.2, 0.25) is 0 Å². The SMILES string of the molecule is CCCCCCS(=O)(=O)O[N+]1([C@@H]2CC[C@@]3(C)C(CC[C@H]4[C@@H]5CC[C@H]([C@H](C)CCCC(C)C)[C@@]5(C)CC[C@@H]43)C2)CCC1. The van der Waals surface area contributed by atoms with Crippen LogP contribution in [-0.2, 0) is 14.4 Å². The summed E-state index contributed by atoms with van der Waals surface area (Å²) in [5.41, 5.74) is 1.00. The predicted octanol–water partition coefficient (Wildman–Crippen LogP) is 9.54. The Labute approximate surface area is 254 Å². The van der Waals surface area contributed by atoms with Crippen molar-refractivity contribution in [2.75, 3.05) is 18.8 Å². The zero-order valence-corrected chi connectivity index (χ0v) is 28.7. The number of quaternary nitrogens is 1. The summed E-state index contributed by atoms with van der Waals surface area (Å²) in [6.07, 6.45) is 21.5. The van der Waals surface area contributed by atoms with Crippen LogP contribution in [-0.4, -0.2) is 37.9 Å². The largest absolute Gasteiger partial charge is 0.314 e. The highest BCUT2D eigenvalue weighted by atomic mass is 32.2. The van der Waals surface area contributed by atoms with Crippen molar-refractivity contribution in [1.82, 2.24) is 0 Å². The molecule has 0 N–H and O–H groups in total. The minimum atomic E-state index is -3.46. The van der Waals surface area contributed by atoms with Gasteiger partial charge in [0.1, 0.15) is 19.1 Å². The Morgan fingerprint density at radius 1 is 0.829 bits per heavy atom. The molecule has 4 saturated carbocycles. The quantitative estimate of drug-likeness (QED) is 0.158. The van der Waals surface area contributed by atoms with E-state index in [4.69, 9.17) is 4.28 Å². The Morgan fingerprint density at radius 2 is 1.56 bits per heavy atom. The molecule has 0 aromatic carbocycles. The number of hydrogen-bond acceptors (Lipinski definition) is 3. The highest BCUT2D eigenvalue weighted by Crippen LogP contribution is 2.68. The molecule has 0 aromatic rings. The standard InChI is InChI=1S/C36H66NO3S/c1-7-8-9-10-25-41(38,39)40-37(23-12-24-37)30-19-21-35(5)29(26-30)15-16-31-33-18-17-32(28(4)14-11-13-27(2)3)36(33,6)22-20-34(31)35/h27-34H,7-26H2,1-6H3/q+1/t28-,29?,30-,31+,32-,33+,34+,35+,36-/m1/s1. The van der Waals surface area contributed by atoms with Crippen LogP contribution in [0.25, 0.3) is 0 Å². The molecule has 4 aliphatic carbocycles. The van der Waals surface area contributed by atoms with Gasteiger partial charge in [-0.2, -0.15) is 13.1 Å². The molecule has 1 heterocycles. The zero-order valence-electron chi connectivity index (χ0n) is 27.8. The topological polar surface area (TPSA) is 43.4 Å². The summed E-state index contributed by atoms with van der Waals surface area (Å²) in [5, 5.41) is 0. The molecule has 0 bridgehead atoms. The van der Waals surface area contributed by atoms with E-state index in [1.807, 2.05) is 0 Å². The van der Waals surface area contributed by atoms with E-state index in [1.54, 1.807) is 0 Å². The molecule has 5 fully saturated rings. The summed E-state index contributed by atoms with van der Waals surface area (Å²) in [5.74, 6) is 6.31. The number of unbranched alkanes of at least 4 members (excludes halogenated alkanes) is 3. The Hall–Kier alpha value is -0.130. The maximum Gasteiger partial charge on any atom is 0.314 e. The molecule has 1 aliphatic heterocycles. The van der Waals surface area contributed by atoms with Crippen molar-refractivity contribution in [3.05, 3.63) is 0 Å². The molecule has 1 unspecified atom stereocenters. The summed E-state index contributed by atoms with van der Waals surface area (Å²) in [6, 6.07) is 0.375. The number of hydrogen-bond donors (Lipinski definition) is 0. The molecule has 0 radical (unpaired) electrons. The normalized spacial score (nSPS) is 40.9. The van der Waals surface area contributed by atoms with Gasteiger partial charge in [-0.15, -0.1) is 0 Å². The van der Waals surface area contributed by atoms with Gasteiger partial charge >= 0.3 is 10.1 Å². The Balaban J connectivity index is 1.22. The smallest absolute Gasteiger partial charge is 0.194 e. The molecule has 5 heteroatoms. The van der Waals surface area contributed by atoms with Gasteiger partial charge in [0.25, 0.3) is 0 Å². The third-order valence-corrected chi connectivity index (χ3v) is 15.4. The van der Waals surface area contributed by atoms with E-state index < -0.39 is 10.1 Å². The summed E-state index contributed by atoms with van der Waals surface area (Å²) in [4.78, 5) is 0. The van der Waals surface area contributed by atoms with Gasteiger partial charge in [0.15, 0.2) is 0 Å². The van der Waals surface area contributed by atoms with E-state index in [0.717, 1.165) is 93.0 Å². The van der Waals surface area contributed by atoms with Crippen LogP contribution < -0.4 is 0 Å². The fourth-order valence-corrected chi connectivity index (χ4v) is 13.0. The maximum atomic E-state index is 13.0. The molecular formula is C36H66NO3S+. The minimum Gasteiger partial charge on any atom is -0.194 e. The predicted molar refractivity (Wildman–Crippen MR) is 170 cm³/mol. The second-order valence-corrected chi connectivity index (χ2v) is 18.4. The van der Waals surface area contributed by atoms with Crippen molar-refractivity contribution in [3.8, 4) is 0 Å². The van der Waals surface area contributed by atoms with Gasteiger partial charge in [-0.05, 0) is 104 Å². The van der Waals surface area contributed by atoms with Crippen LogP contribution in [0.4, 0.5) is 0 Å². The van der Waals surface area contributed by atoms with Crippen molar-refractivity contribution >= 4 is 10.1 Å². The van der Waals surface area contributed by atoms with Crippen molar-refractivity contribution in [3.63, 3.8) is 0 Å². The first-order chi connectivity index (χ1) is 19.4. The lowest BCUT2D eigenvalue weighted by molar-refractivity contribution is -1.13. The van der Waals surface area contributed by atoms with E-state index in [9.17, 15) is 8.42 Å². The van der Waals surface area contributed by atoms with E-state index in [1.165, 1.54) is 70.6 Å². The highest BCUT2D eigenvalue weighted by Gasteiger charge is 2.62. The van der Waals surface area contributed by atoms with E-state index in [2.05, 4.69) is 41.5 Å². The number of nitrogens with zero attached hydrogens (tertiary/aromatic N) is 1.